The highest BCUT2D eigenvalue weighted by atomic mass is 16.5. The van der Waals surface area contributed by atoms with Crippen LogP contribution in [0.4, 0.5) is 0 Å². The Labute approximate surface area is 65.8 Å². The lowest BCUT2D eigenvalue weighted by atomic mass is 10.4. The third kappa shape index (κ3) is 2.59. The molecule has 4 heteroatoms. The van der Waals surface area contributed by atoms with Crippen molar-refractivity contribution in [2.24, 2.45) is 0 Å². The summed E-state index contributed by atoms with van der Waals surface area (Å²) in [5.74, 6) is -0.210. The molecule has 0 unspecified atom stereocenters. The van der Waals surface area contributed by atoms with Gasteiger partial charge in [-0.25, -0.2) is 0 Å². The van der Waals surface area contributed by atoms with Crippen LogP contribution in [0.25, 0.3) is 0 Å². The molecule has 1 heterocycles. The van der Waals surface area contributed by atoms with Crippen molar-refractivity contribution in [3.05, 3.63) is 12.3 Å². The summed E-state index contributed by atoms with van der Waals surface area (Å²) in [6.45, 7) is 1.91. The maximum atomic E-state index is 10.8. The highest BCUT2D eigenvalue weighted by Gasteiger charge is 2.07. The second-order valence-electron chi connectivity index (χ2n) is 2.32. The van der Waals surface area contributed by atoms with E-state index >= 15 is 0 Å². The van der Waals surface area contributed by atoms with Gasteiger partial charge < -0.3 is 9.64 Å². The molecule has 0 amide bonds. The Bertz CT molecular complexity index is 168. The van der Waals surface area contributed by atoms with Crippen LogP contribution in [0, 0.1) is 0 Å². The van der Waals surface area contributed by atoms with E-state index in [1.54, 1.807) is 0 Å². The highest BCUT2D eigenvalue weighted by molar-refractivity contribution is 5.71. The summed E-state index contributed by atoms with van der Waals surface area (Å²) in [5, 5.41) is 3.10. The first-order chi connectivity index (χ1) is 5.33. The molecule has 0 aromatic carbocycles. The number of methoxy groups -OCH3 is 1. The number of hydrogen-bond donors (Lipinski definition) is 1. The zero-order valence-corrected chi connectivity index (χ0v) is 6.54. The van der Waals surface area contributed by atoms with Crippen LogP contribution >= 0.6 is 0 Å². The molecule has 0 aromatic rings. The molecule has 0 saturated heterocycles. The summed E-state index contributed by atoms with van der Waals surface area (Å²) in [4.78, 5) is 12.6. The Morgan fingerprint density at radius 3 is 3.18 bits per heavy atom. The number of nitrogens with zero attached hydrogens (tertiary/aromatic N) is 1. The van der Waals surface area contributed by atoms with Gasteiger partial charge >= 0.3 is 5.97 Å². The van der Waals surface area contributed by atoms with E-state index in [2.05, 4.69) is 10.1 Å². The van der Waals surface area contributed by atoms with Crippen LogP contribution < -0.4 is 5.32 Å². The van der Waals surface area contributed by atoms with Crippen molar-refractivity contribution in [2.45, 2.75) is 0 Å². The van der Waals surface area contributed by atoms with Crippen LogP contribution in [0.1, 0.15) is 0 Å². The van der Waals surface area contributed by atoms with Gasteiger partial charge in [0.1, 0.15) is 6.54 Å². The smallest absolute Gasteiger partial charge is 0.325 e. The summed E-state index contributed by atoms with van der Waals surface area (Å²) in [6.07, 6.45) is 3.86. The summed E-state index contributed by atoms with van der Waals surface area (Å²) in [7, 11) is 1.39. The topological polar surface area (TPSA) is 41.6 Å². The van der Waals surface area contributed by atoms with Gasteiger partial charge in [-0.15, -0.1) is 0 Å². The van der Waals surface area contributed by atoms with E-state index in [4.69, 9.17) is 0 Å². The molecule has 4 nitrogen and oxygen atoms in total. The van der Waals surface area contributed by atoms with Crippen LogP contribution in [-0.2, 0) is 9.53 Å². The molecule has 62 valence electrons. The molecule has 0 aromatic heterocycles. The first-order valence-electron chi connectivity index (χ1n) is 3.51. The fourth-order valence-electron chi connectivity index (χ4n) is 0.885. The monoisotopic (exact) mass is 156 g/mol. The lowest BCUT2D eigenvalue weighted by Gasteiger charge is -2.22. The second kappa shape index (κ2) is 3.98. The molecule has 0 bridgehead atoms. The normalized spacial score (nSPS) is 16.6. The molecule has 1 rings (SSSR count). The number of hydrogen-bond acceptors (Lipinski definition) is 4. The van der Waals surface area contributed by atoms with Crippen molar-refractivity contribution in [3.63, 3.8) is 0 Å². The second-order valence-corrected chi connectivity index (χ2v) is 2.32. The predicted octanol–water partition coefficient (Wildman–Crippen LogP) is -0.464. The van der Waals surface area contributed by atoms with E-state index in [0.29, 0.717) is 13.2 Å². The van der Waals surface area contributed by atoms with Crippen molar-refractivity contribution < 1.29 is 9.53 Å². The molecular weight excluding hydrogens is 144 g/mol. The van der Waals surface area contributed by atoms with Crippen LogP contribution in [0.5, 0.6) is 0 Å². The molecule has 0 fully saturated rings. The Hall–Kier alpha value is -1.03. The summed E-state index contributed by atoms with van der Waals surface area (Å²) < 4.78 is 4.51. The number of carbonyl (C=O) groups is 1. The molecule has 1 N–H and O–H groups in total. The van der Waals surface area contributed by atoms with E-state index in [1.807, 2.05) is 17.2 Å². The molecule has 0 spiro atoms. The molecule has 1 aliphatic heterocycles. The summed E-state index contributed by atoms with van der Waals surface area (Å²) >= 11 is 0. The van der Waals surface area contributed by atoms with E-state index < -0.39 is 0 Å². The molecule has 0 atom stereocenters. The van der Waals surface area contributed by atoms with E-state index in [-0.39, 0.29) is 5.97 Å². The SMILES string of the molecule is COC(=O)CN1C=CCNC1. The van der Waals surface area contributed by atoms with Crippen molar-refractivity contribution >= 4 is 5.97 Å². The van der Waals surface area contributed by atoms with Crippen molar-refractivity contribution in [2.75, 3.05) is 26.9 Å². The summed E-state index contributed by atoms with van der Waals surface area (Å²) in [5.41, 5.74) is 0. The number of esters is 1. The minimum absolute atomic E-state index is 0.210. The van der Waals surface area contributed by atoms with Crippen molar-refractivity contribution in [1.82, 2.24) is 10.2 Å². The van der Waals surface area contributed by atoms with E-state index in [1.165, 1.54) is 7.11 Å². The third-order valence-corrected chi connectivity index (χ3v) is 1.45. The number of nitrogens with one attached hydrogen (secondary N) is 1. The van der Waals surface area contributed by atoms with Crippen molar-refractivity contribution in [1.29, 1.82) is 0 Å². The highest BCUT2D eigenvalue weighted by Crippen LogP contribution is 1.92. The average molecular weight is 156 g/mol. The minimum Gasteiger partial charge on any atom is -0.468 e. The molecule has 1 aliphatic rings. The quantitative estimate of drug-likeness (QED) is 0.549. The van der Waals surface area contributed by atoms with Gasteiger partial charge in [-0.05, 0) is 6.20 Å². The number of carbonyl (C=O) groups excluding carboxylic acids is 1. The van der Waals surface area contributed by atoms with Gasteiger partial charge in [0.15, 0.2) is 0 Å². The average Bonchev–Trinajstić information content (AvgIpc) is 2.06. The minimum atomic E-state index is -0.210. The van der Waals surface area contributed by atoms with E-state index in [9.17, 15) is 4.79 Å². The number of ether oxygens (including phenoxy) is 1. The largest absolute Gasteiger partial charge is 0.468 e. The van der Waals surface area contributed by atoms with Crippen LogP contribution in [0.15, 0.2) is 12.3 Å². The van der Waals surface area contributed by atoms with Gasteiger partial charge in [-0.3, -0.25) is 10.1 Å². The Kier molecular flexibility index (Phi) is 2.92. The molecule has 0 saturated carbocycles. The zero-order valence-electron chi connectivity index (χ0n) is 6.54. The number of rotatable bonds is 2. The molecule has 11 heavy (non-hydrogen) atoms. The first kappa shape index (κ1) is 8.07. The maximum Gasteiger partial charge on any atom is 0.325 e. The zero-order chi connectivity index (χ0) is 8.10. The first-order valence-corrected chi connectivity index (χ1v) is 3.51. The van der Waals surface area contributed by atoms with Gasteiger partial charge in [0, 0.05) is 6.54 Å². The maximum absolute atomic E-state index is 10.8. The Balaban J connectivity index is 2.30. The predicted molar refractivity (Wildman–Crippen MR) is 40.7 cm³/mol. The molecule has 0 radical (unpaired) electrons. The summed E-state index contributed by atoms with van der Waals surface area (Å²) in [6, 6.07) is 0. The molecular formula is C7H12N2O2. The van der Waals surface area contributed by atoms with Crippen LogP contribution in [0.2, 0.25) is 0 Å². The standard InChI is InChI=1S/C7H12N2O2/c1-11-7(10)5-9-4-2-3-8-6-9/h2,4,8H,3,5-6H2,1H3. The van der Waals surface area contributed by atoms with Gasteiger partial charge in [0.25, 0.3) is 0 Å². The van der Waals surface area contributed by atoms with E-state index in [0.717, 1.165) is 6.54 Å². The Morgan fingerprint density at radius 1 is 1.82 bits per heavy atom. The lowest BCUT2D eigenvalue weighted by molar-refractivity contribution is -0.141. The van der Waals surface area contributed by atoms with Gasteiger partial charge in [0.05, 0.1) is 13.8 Å². The van der Waals surface area contributed by atoms with Crippen LogP contribution in [0.3, 0.4) is 0 Å². The third-order valence-electron chi connectivity index (χ3n) is 1.45. The fraction of sp³-hybridized carbons (Fsp3) is 0.571. The van der Waals surface area contributed by atoms with Gasteiger partial charge in [0.2, 0.25) is 0 Å². The Morgan fingerprint density at radius 2 is 2.64 bits per heavy atom. The van der Waals surface area contributed by atoms with Gasteiger partial charge in [-0.2, -0.15) is 0 Å². The fourth-order valence-corrected chi connectivity index (χ4v) is 0.885. The molecule has 0 aliphatic carbocycles. The van der Waals surface area contributed by atoms with Crippen molar-refractivity contribution in [3.8, 4) is 0 Å². The van der Waals surface area contributed by atoms with Gasteiger partial charge in [-0.1, -0.05) is 6.08 Å². The lowest BCUT2D eigenvalue weighted by Crippen LogP contribution is -2.37. The van der Waals surface area contributed by atoms with Crippen LogP contribution in [-0.4, -0.2) is 37.7 Å².